The van der Waals surface area contributed by atoms with Crippen LogP contribution in [0, 0.1) is 13.8 Å². The molecule has 6 heteroatoms. The third kappa shape index (κ3) is 4.67. The van der Waals surface area contributed by atoms with Gasteiger partial charge in [0.15, 0.2) is 6.61 Å². The predicted molar refractivity (Wildman–Crippen MR) is 84.2 cm³/mol. The number of carbonyl (C=O) groups excluding carboxylic acids is 2. The zero-order valence-electron chi connectivity index (χ0n) is 13.5. The SMILES string of the molecule is CCOC(=O)COC(=O)c1cccc(Cn2nc(C)cc2C)c1. The molecule has 0 radical (unpaired) electrons. The lowest BCUT2D eigenvalue weighted by Gasteiger charge is -2.08. The first kappa shape index (κ1) is 16.7. The highest BCUT2D eigenvalue weighted by atomic mass is 16.6. The number of aromatic nitrogens is 2. The highest BCUT2D eigenvalue weighted by molar-refractivity contribution is 5.90. The molecule has 2 aromatic rings. The Balaban J connectivity index is 2.03. The molecular weight excluding hydrogens is 296 g/mol. The van der Waals surface area contributed by atoms with Gasteiger partial charge in [-0.15, -0.1) is 0 Å². The molecule has 0 bridgehead atoms. The van der Waals surface area contributed by atoms with E-state index in [0.29, 0.717) is 12.1 Å². The van der Waals surface area contributed by atoms with Gasteiger partial charge in [0.05, 0.1) is 24.4 Å². The summed E-state index contributed by atoms with van der Waals surface area (Å²) in [6, 6.07) is 9.08. The number of aryl methyl sites for hydroxylation is 2. The Kier molecular flexibility index (Phi) is 5.51. The minimum atomic E-state index is -0.556. The van der Waals surface area contributed by atoms with Crippen LogP contribution in [-0.4, -0.2) is 34.9 Å². The quantitative estimate of drug-likeness (QED) is 0.765. The largest absolute Gasteiger partial charge is 0.463 e. The molecule has 1 heterocycles. The van der Waals surface area contributed by atoms with Crippen molar-refractivity contribution in [3.05, 3.63) is 52.8 Å². The van der Waals surface area contributed by atoms with Crippen LogP contribution in [0.1, 0.15) is 34.2 Å². The lowest BCUT2D eigenvalue weighted by molar-refractivity contribution is -0.146. The Morgan fingerprint density at radius 3 is 2.61 bits per heavy atom. The molecule has 0 atom stereocenters. The average Bonchev–Trinajstić information content (AvgIpc) is 2.83. The standard InChI is InChI=1S/C17H20N2O4/c1-4-22-16(20)11-23-17(21)15-7-5-6-14(9-15)10-19-13(3)8-12(2)18-19/h5-9H,4,10-11H2,1-3H3. The molecule has 23 heavy (non-hydrogen) atoms. The Bertz CT molecular complexity index is 706. The maximum absolute atomic E-state index is 12.0. The molecule has 0 spiro atoms. The van der Waals surface area contributed by atoms with E-state index in [1.165, 1.54) is 0 Å². The summed E-state index contributed by atoms with van der Waals surface area (Å²) in [6.07, 6.45) is 0. The van der Waals surface area contributed by atoms with Crippen LogP contribution >= 0.6 is 0 Å². The molecule has 0 fully saturated rings. The van der Waals surface area contributed by atoms with Crippen LogP contribution in [0.4, 0.5) is 0 Å². The number of carbonyl (C=O) groups is 2. The summed E-state index contributed by atoms with van der Waals surface area (Å²) in [5.74, 6) is -1.10. The molecule has 1 aromatic carbocycles. The maximum Gasteiger partial charge on any atom is 0.344 e. The first-order valence-electron chi connectivity index (χ1n) is 7.42. The number of nitrogens with zero attached hydrogens (tertiary/aromatic N) is 2. The lowest BCUT2D eigenvalue weighted by Crippen LogP contribution is -2.16. The van der Waals surface area contributed by atoms with E-state index < -0.39 is 11.9 Å². The molecule has 0 N–H and O–H groups in total. The fourth-order valence-corrected chi connectivity index (χ4v) is 2.22. The van der Waals surface area contributed by atoms with Crippen molar-refractivity contribution >= 4 is 11.9 Å². The van der Waals surface area contributed by atoms with Crippen LogP contribution in [0.3, 0.4) is 0 Å². The number of hydrogen-bond acceptors (Lipinski definition) is 5. The van der Waals surface area contributed by atoms with Crippen molar-refractivity contribution in [2.45, 2.75) is 27.3 Å². The third-order valence-corrected chi connectivity index (χ3v) is 3.22. The predicted octanol–water partition coefficient (Wildman–Crippen LogP) is 2.27. The highest BCUT2D eigenvalue weighted by Crippen LogP contribution is 2.11. The molecule has 0 unspecified atom stereocenters. The van der Waals surface area contributed by atoms with E-state index in [1.807, 2.05) is 30.7 Å². The lowest BCUT2D eigenvalue weighted by atomic mass is 10.1. The fraction of sp³-hybridized carbons (Fsp3) is 0.353. The Morgan fingerprint density at radius 1 is 1.17 bits per heavy atom. The van der Waals surface area contributed by atoms with Gasteiger partial charge in [0.1, 0.15) is 0 Å². The molecule has 0 saturated carbocycles. The van der Waals surface area contributed by atoms with Gasteiger partial charge in [0.2, 0.25) is 0 Å². The third-order valence-electron chi connectivity index (χ3n) is 3.22. The van der Waals surface area contributed by atoms with Crippen molar-refractivity contribution < 1.29 is 19.1 Å². The van der Waals surface area contributed by atoms with Gasteiger partial charge in [-0.1, -0.05) is 12.1 Å². The van der Waals surface area contributed by atoms with Gasteiger partial charge in [-0.05, 0) is 44.5 Å². The van der Waals surface area contributed by atoms with E-state index in [4.69, 9.17) is 9.47 Å². The van der Waals surface area contributed by atoms with E-state index in [0.717, 1.165) is 17.0 Å². The van der Waals surface area contributed by atoms with Gasteiger partial charge in [-0.2, -0.15) is 5.10 Å². The summed E-state index contributed by atoms with van der Waals surface area (Å²) < 4.78 is 11.5. The fourth-order valence-electron chi connectivity index (χ4n) is 2.22. The Hall–Kier alpha value is -2.63. The van der Waals surface area contributed by atoms with Crippen molar-refractivity contribution in [2.75, 3.05) is 13.2 Å². The molecular formula is C17H20N2O4. The Labute approximate surface area is 135 Å². The van der Waals surface area contributed by atoms with Crippen LogP contribution in [0.15, 0.2) is 30.3 Å². The molecule has 0 amide bonds. The second-order valence-corrected chi connectivity index (χ2v) is 5.17. The zero-order valence-corrected chi connectivity index (χ0v) is 13.5. The summed E-state index contributed by atoms with van der Waals surface area (Å²) in [5.41, 5.74) is 3.33. The second-order valence-electron chi connectivity index (χ2n) is 5.17. The highest BCUT2D eigenvalue weighted by Gasteiger charge is 2.11. The van der Waals surface area contributed by atoms with Crippen molar-refractivity contribution in [1.29, 1.82) is 0 Å². The summed E-state index contributed by atoms with van der Waals surface area (Å²) in [4.78, 5) is 23.2. The normalized spacial score (nSPS) is 10.4. The summed E-state index contributed by atoms with van der Waals surface area (Å²) >= 11 is 0. The summed E-state index contributed by atoms with van der Waals surface area (Å²) in [6.45, 7) is 6.06. The van der Waals surface area contributed by atoms with E-state index in [1.54, 1.807) is 25.1 Å². The molecule has 0 aliphatic heterocycles. The minimum absolute atomic E-state index is 0.258. The second kappa shape index (κ2) is 7.58. The number of benzene rings is 1. The molecule has 6 nitrogen and oxygen atoms in total. The van der Waals surface area contributed by atoms with Crippen molar-refractivity contribution in [1.82, 2.24) is 9.78 Å². The smallest absolute Gasteiger partial charge is 0.344 e. The number of hydrogen-bond donors (Lipinski definition) is 0. The van der Waals surface area contributed by atoms with Crippen molar-refractivity contribution in [3.63, 3.8) is 0 Å². The van der Waals surface area contributed by atoms with Crippen molar-refractivity contribution in [3.8, 4) is 0 Å². The molecule has 122 valence electrons. The van der Waals surface area contributed by atoms with E-state index in [2.05, 4.69) is 5.10 Å². The van der Waals surface area contributed by atoms with Gasteiger partial charge in [-0.25, -0.2) is 9.59 Å². The van der Waals surface area contributed by atoms with E-state index >= 15 is 0 Å². The monoisotopic (exact) mass is 316 g/mol. The number of rotatable bonds is 6. The maximum atomic E-state index is 12.0. The minimum Gasteiger partial charge on any atom is -0.463 e. The zero-order chi connectivity index (χ0) is 16.8. The summed E-state index contributed by atoms with van der Waals surface area (Å²) in [5, 5.41) is 4.40. The van der Waals surface area contributed by atoms with Gasteiger partial charge in [-0.3, -0.25) is 4.68 Å². The first-order valence-corrected chi connectivity index (χ1v) is 7.42. The first-order chi connectivity index (χ1) is 11.0. The average molecular weight is 316 g/mol. The molecule has 2 rings (SSSR count). The van der Waals surface area contributed by atoms with E-state index in [9.17, 15) is 9.59 Å². The van der Waals surface area contributed by atoms with Crippen LogP contribution in [0.5, 0.6) is 0 Å². The van der Waals surface area contributed by atoms with E-state index in [-0.39, 0.29) is 13.2 Å². The molecule has 0 aliphatic rings. The summed E-state index contributed by atoms with van der Waals surface area (Å²) in [7, 11) is 0. The van der Waals surface area contributed by atoms with Crippen LogP contribution in [-0.2, 0) is 20.8 Å². The van der Waals surface area contributed by atoms with Crippen LogP contribution in [0.25, 0.3) is 0 Å². The van der Waals surface area contributed by atoms with Gasteiger partial charge >= 0.3 is 11.9 Å². The van der Waals surface area contributed by atoms with Crippen LogP contribution < -0.4 is 0 Å². The topological polar surface area (TPSA) is 70.4 Å². The Morgan fingerprint density at radius 2 is 1.96 bits per heavy atom. The molecule has 0 aliphatic carbocycles. The van der Waals surface area contributed by atoms with Gasteiger partial charge in [0.25, 0.3) is 0 Å². The molecule has 0 saturated heterocycles. The van der Waals surface area contributed by atoms with Crippen LogP contribution in [0.2, 0.25) is 0 Å². The molecule has 1 aromatic heterocycles. The van der Waals surface area contributed by atoms with Gasteiger partial charge < -0.3 is 9.47 Å². The van der Waals surface area contributed by atoms with Crippen molar-refractivity contribution in [2.24, 2.45) is 0 Å². The number of esters is 2. The van der Waals surface area contributed by atoms with Gasteiger partial charge in [0, 0.05) is 5.69 Å². The number of ether oxygens (including phenoxy) is 2.